The van der Waals surface area contributed by atoms with E-state index in [1.54, 1.807) is 24.0 Å². The summed E-state index contributed by atoms with van der Waals surface area (Å²) in [6.45, 7) is 6.41. The first kappa shape index (κ1) is 19.9. The maximum absolute atomic E-state index is 12.6. The van der Waals surface area contributed by atoms with Crippen LogP contribution in [0.1, 0.15) is 19.4 Å². The predicted molar refractivity (Wildman–Crippen MR) is 114 cm³/mol. The van der Waals surface area contributed by atoms with E-state index < -0.39 is 5.25 Å². The number of anilines is 2. The average Bonchev–Trinajstić information content (AvgIpc) is 3.04. The van der Waals surface area contributed by atoms with Crippen LogP contribution in [0, 0.1) is 6.92 Å². The van der Waals surface area contributed by atoms with Crippen molar-refractivity contribution in [1.82, 2.24) is 0 Å². The van der Waals surface area contributed by atoms with Crippen molar-refractivity contribution in [2.45, 2.75) is 26.0 Å². The molecule has 0 radical (unpaired) electrons. The van der Waals surface area contributed by atoms with Crippen molar-refractivity contribution in [1.29, 1.82) is 0 Å². The molecule has 1 heterocycles. The number of nitrogens with one attached hydrogen (secondary N) is 1. The number of nitrogens with zero attached hydrogens (tertiary/aromatic N) is 2. The molecule has 0 saturated carbocycles. The fourth-order valence-corrected chi connectivity index (χ4v) is 3.61. The summed E-state index contributed by atoms with van der Waals surface area (Å²) in [5.74, 6) is 0.515. The van der Waals surface area contributed by atoms with Crippen LogP contribution in [0.15, 0.2) is 53.5 Å². The Balaban J connectivity index is 1.64. The van der Waals surface area contributed by atoms with E-state index >= 15 is 0 Å². The fourth-order valence-electron chi connectivity index (χ4n) is 2.68. The lowest BCUT2D eigenvalue weighted by Crippen LogP contribution is -2.33. The first-order chi connectivity index (χ1) is 13.5. The predicted octanol–water partition coefficient (Wildman–Crippen LogP) is 3.86. The Bertz CT molecular complexity index is 879. The standard InChI is InChI=1S/C21H23N3O3S/c1-4-27-18-11-7-16(8-12-18)23-20(26)15(3)28-21-22-13-19(25)24(21)17-9-5-14(2)6-10-17/h5-12,15H,4,13H2,1-3H3,(H,23,26)/t15-/m0/s1. The topological polar surface area (TPSA) is 71.0 Å². The number of ether oxygens (including phenoxy) is 1. The van der Waals surface area contributed by atoms with Crippen LogP contribution in [0.25, 0.3) is 0 Å². The van der Waals surface area contributed by atoms with Gasteiger partial charge >= 0.3 is 0 Å². The van der Waals surface area contributed by atoms with Crippen LogP contribution in [0.3, 0.4) is 0 Å². The monoisotopic (exact) mass is 397 g/mol. The number of rotatable bonds is 6. The van der Waals surface area contributed by atoms with Crippen molar-refractivity contribution in [3.63, 3.8) is 0 Å². The molecule has 6 nitrogen and oxygen atoms in total. The summed E-state index contributed by atoms with van der Waals surface area (Å²) in [5.41, 5.74) is 2.57. The lowest BCUT2D eigenvalue weighted by Gasteiger charge is -2.20. The van der Waals surface area contributed by atoms with Crippen molar-refractivity contribution in [2.24, 2.45) is 4.99 Å². The van der Waals surface area contributed by atoms with Crippen LogP contribution >= 0.6 is 11.8 Å². The zero-order valence-electron chi connectivity index (χ0n) is 16.1. The van der Waals surface area contributed by atoms with E-state index in [0.29, 0.717) is 17.5 Å². The van der Waals surface area contributed by atoms with Gasteiger partial charge in [0, 0.05) is 5.69 Å². The maximum atomic E-state index is 12.6. The third-order valence-corrected chi connectivity index (χ3v) is 5.26. The van der Waals surface area contributed by atoms with Gasteiger partial charge in [-0.25, -0.2) is 0 Å². The molecule has 146 valence electrons. The molecule has 1 aliphatic rings. The first-order valence-electron chi connectivity index (χ1n) is 9.12. The number of carbonyl (C=O) groups is 2. The van der Waals surface area contributed by atoms with E-state index in [4.69, 9.17) is 4.74 Å². The molecule has 0 aromatic heterocycles. The Morgan fingerprint density at radius 1 is 1.21 bits per heavy atom. The van der Waals surface area contributed by atoms with Gasteiger partial charge in [0.25, 0.3) is 5.91 Å². The highest BCUT2D eigenvalue weighted by Crippen LogP contribution is 2.27. The molecule has 0 spiro atoms. The van der Waals surface area contributed by atoms with Crippen LogP contribution in [0.2, 0.25) is 0 Å². The van der Waals surface area contributed by atoms with Crippen molar-refractivity contribution in [3.8, 4) is 5.75 Å². The second kappa shape index (κ2) is 8.93. The van der Waals surface area contributed by atoms with Gasteiger partial charge in [-0.15, -0.1) is 0 Å². The average molecular weight is 398 g/mol. The van der Waals surface area contributed by atoms with Gasteiger partial charge in [0.05, 0.1) is 17.5 Å². The van der Waals surface area contributed by atoms with Gasteiger partial charge in [-0.05, 0) is 57.2 Å². The molecule has 1 aliphatic heterocycles. The highest BCUT2D eigenvalue weighted by Gasteiger charge is 2.30. The van der Waals surface area contributed by atoms with Crippen LogP contribution in [0.4, 0.5) is 11.4 Å². The Labute approximate surface area is 169 Å². The van der Waals surface area contributed by atoms with E-state index in [2.05, 4.69) is 10.3 Å². The number of amides is 2. The summed E-state index contributed by atoms with van der Waals surface area (Å²) in [5, 5.41) is 3.02. The Morgan fingerprint density at radius 2 is 1.89 bits per heavy atom. The smallest absolute Gasteiger partial charge is 0.254 e. The Kier molecular flexibility index (Phi) is 6.36. The van der Waals surface area contributed by atoms with E-state index in [1.807, 2.05) is 50.2 Å². The molecule has 2 aromatic rings. The molecule has 0 fully saturated rings. The van der Waals surface area contributed by atoms with Gasteiger partial charge in [-0.1, -0.05) is 29.5 Å². The highest BCUT2D eigenvalue weighted by atomic mass is 32.2. The fraction of sp³-hybridized carbons (Fsp3) is 0.286. The van der Waals surface area contributed by atoms with Gasteiger partial charge in [-0.3, -0.25) is 19.5 Å². The van der Waals surface area contributed by atoms with E-state index in [0.717, 1.165) is 17.0 Å². The minimum atomic E-state index is -0.413. The third-order valence-electron chi connectivity index (χ3n) is 4.17. The lowest BCUT2D eigenvalue weighted by molar-refractivity contribution is -0.116. The number of aryl methyl sites for hydroxylation is 1. The van der Waals surface area contributed by atoms with E-state index in [9.17, 15) is 9.59 Å². The number of thioether (sulfide) groups is 1. The number of carbonyl (C=O) groups excluding carboxylic acids is 2. The summed E-state index contributed by atoms with van der Waals surface area (Å²) in [7, 11) is 0. The minimum absolute atomic E-state index is 0.0922. The van der Waals surface area contributed by atoms with Crippen molar-refractivity contribution < 1.29 is 14.3 Å². The summed E-state index contributed by atoms with van der Waals surface area (Å²) < 4.78 is 5.40. The third kappa shape index (κ3) is 4.72. The molecular formula is C21H23N3O3S. The highest BCUT2D eigenvalue weighted by molar-refractivity contribution is 8.15. The number of benzene rings is 2. The normalized spacial score (nSPS) is 14.6. The van der Waals surface area contributed by atoms with Crippen LogP contribution in [-0.2, 0) is 9.59 Å². The molecule has 28 heavy (non-hydrogen) atoms. The quantitative estimate of drug-likeness (QED) is 0.804. The van der Waals surface area contributed by atoms with Crippen LogP contribution in [0.5, 0.6) is 5.75 Å². The summed E-state index contributed by atoms with van der Waals surface area (Å²) >= 11 is 1.28. The first-order valence-corrected chi connectivity index (χ1v) is 10.0. The Hall–Kier alpha value is -2.80. The molecule has 7 heteroatoms. The van der Waals surface area contributed by atoms with Crippen molar-refractivity contribution >= 4 is 40.1 Å². The molecule has 0 aliphatic carbocycles. The van der Waals surface area contributed by atoms with Crippen molar-refractivity contribution in [3.05, 3.63) is 54.1 Å². The second-order valence-corrected chi connectivity index (χ2v) is 7.68. The van der Waals surface area contributed by atoms with Gasteiger partial charge in [-0.2, -0.15) is 0 Å². The van der Waals surface area contributed by atoms with Crippen molar-refractivity contribution in [2.75, 3.05) is 23.4 Å². The summed E-state index contributed by atoms with van der Waals surface area (Å²) in [4.78, 5) is 30.7. The number of hydrogen-bond donors (Lipinski definition) is 1. The SMILES string of the molecule is CCOc1ccc(NC(=O)[C@H](C)SC2=NCC(=O)N2c2ccc(C)cc2)cc1. The summed E-state index contributed by atoms with van der Waals surface area (Å²) in [6, 6.07) is 14.9. The number of hydrogen-bond acceptors (Lipinski definition) is 5. The zero-order valence-corrected chi connectivity index (χ0v) is 17.0. The number of amidine groups is 1. The summed E-state index contributed by atoms with van der Waals surface area (Å²) in [6.07, 6.45) is 0. The molecule has 2 aromatic carbocycles. The van der Waals surface area contributed by atoms with Gasteiger partial charge < -0.3 is 10.1 Å². The van der Waals surface area contributed by atoms with Gasteiger partial charge in [0.15, 0.2) is 5.17 Å². The molecule has 0 saturated heterocycles. The molecule has 1 atom stereocenters. The zero-order chi connectivity index (χ0) is 20.1. The number of aliphatic imine (C=N–C) groups is 1. The Morgan fingerprint density at radius 3 is 2.54 bits per heavy atom. The molecule has 0 bridgehead atoms. The van der Waals surface area contributed by atoms with E-state index in [-0.39, 0.29) is 18.4 Å². The lowest BCUT2D eigenvalue weighted by atomic mass is 10.2. The molecule has 3 rings (SSSR count). The van der Waals surface area contributed by atoms with Crippen LogP contribution < -0.4 is 15.0 Å². The minimum Gasteiger partial charge on any atom is -0.494 e. The largest absolute Gasteiger partial charge is 0.494 e. The van der Waals surface area contributed by atoms with Crippen LogP contribution in [-0.4, -0.2) is 35.4 Å². The second-order valence-electron chi connectivity index (χ2n) is 6.37. The van der Waals surface area contributed by atoms with E-state index in [1.165, 1.54) is 11.8 Å². The molecular weight excluding hydrogens is 374 g/mol. The van der Waals surface area contributed by atoms with Gasteiger partial charge in [0.2, 0.25) is 5.91 Å². The maximum Gasteiger partial charge on any atom is 0.254 e. The van der Waals surface area contributed by atoms with Gasteiger partial charge in [0.1, 0.15) is 12.3 Å². The molecule has 0 unspecified atom stereocenters. The molecule has 2 amide bonds. The molecule has 1 N–H and O–H groups in total.